The molecule has 2 atom stereocenters. The van der Waals surface area contributed by atoms with E-state index >= 15 is 0 Å². The standard InChI is InChI=1S/C10H15NO5/c12-9(8-2-1-4-16-8)11-3-5-15-6-7(11)10(13)14/h7-8H,1-6H2,(H,13,14)/t7?,8-/m1/s1. The van der Waals surface area contributed by atoms with Crippen molar-refractivity contribution < 1.29 is 24.2 Å². The highest BCUT2D eigenvalue weighted by atomic mass is 16.5. The minimum absolute atomic E-state index is 0.0633. The molecule has 6 nitrogen and oxygen atoms in total. The number of carbonyl (C=O) groups excluding carboxylic acids is 1. The van der Waals surface area contributed by atoms with E-state index in [-0.39, 0.29) is 12.5 Å². The van der Waals surface area contributed by atoms with E-state index in [2.05, 4.69) is 0 Å². The molecule has 0 spiro atoms. The van der Waals surface area contributed by atoms with Crippen LogP contribution in [-0.2, 0) is 19.1 Å². The summed E-state index contributed by atoms with van der Waals surface area (Å²) in [5.74, 6) is -1.24. The first-order chi connectivity index (χ1) is 7.70. The van der Waals surface area contributed by atoms with Crippen LogP contribution in [0.4, 0.5) is 0 Å². The number of ether oxygens (including phenoxy) is 2. The highest BCUT2D eigenvalue weighted by Crippen LogP contribution is 2.18. The highest BCUT2D eigenvalue weighted by molar-refractivity contribution is 5.86. The lowest BCUT2D eigenvalue weighted by atomic mass is 10.1. The van der Waals surface area contributed by atoms with Crippen LogP contribution in [0.25, 0.3) is 0 Å². The molecule has 2 saturated heterocycles. The Morgan fingerprint density at radius 1 is 1.31 bits per heavy atom. The topological polar surface area (TPSA) is 76.1 Å². The maximum Gasteiger partial charge on any atom is 0.328 e. The van der Waals surface area contributed by atoms with Crippen molar-refractivity contribution in [3.8, 4) is 0 Å². The molecule has 6 heteroatoms. The summed E-state index contributed by atoms with van der Waals surface area (Å²) >= 11 is 0. The predicted molar refractivity (Wildman–Crippen MR) is 52.9 cm³/mol. The Labute approximate surface area is 93.1 Å². The molecule has 1 N–H and O–H groups in total. The van der Waals surface area contributed by atoms with Crippen LogP contribution in [-0.4, -0.2) is 60.4 Å². The summed E-state index contributed by atoms with van der Waals surface area (Å²) in [6.45, 7) is 1.37. The van der Waals surface area contributed by atoms with Crippen LogP contribution in [0.15, 0.2) is 0 Å². The second-order valence-corrected chi connectivity index (χ2v) is 3.96. The zero-order valence-electron chi connectivity index (χ0n) is 8.92. The van der Waals surface area contributed by atoms with Gasteiger partial charge in [-0.15, -0.1) is 0 Å². The summed E-state index contributed by atoms with van der Waals surface area (Å²) < 4.78 is 10.3. The Morgan fingerprint density at radius 3 is 2.75 bits per heavy atom. The Bertz CT molecular complexity index is 287. The van der Waals surface area contributed by atoms with Gasteiger partial charge in [-0.3, -0.25) is 4.79 Å². The van der Waals surface area contributed by atoms with Crippen LogP contribution in [0.5, 0.6) is 0 Å². The van der Waals surface area contributed by atoms with E-state index in [4.69, 9.17) is 14.6 Å². The van der Waals surface area contributed by atoms with E-state index in [9.17, 15) is 9.59 Å². The van der Waals surface area contributed by atoms with Gasteiger partial charge in [0, 0.05) is 13.2 Å². The van der Waals surface area contributed by atoms with E-state index in [1.165, 1.54) is 4.90 Å². The van der Waals surface area contributed by atoms with Crippen LogP contribution in [0, 0.1) is 0 Å². The van der Waals surface area contributed by atoms with E-state index < -0.39 is 18.1 Å². The van der Waals surface area contributed by atoms with E-state index in [0.717, 1.165) is 6.42 Å². The van der Waals surface area contributed by atoms with Crippen LogP contribution in [0.1, 0.15) is 12.8 Å². The molecule has 0 bridgehead atoms. The average molecular weight is 229 g/mol. The predicted octanol–water partition coefficient (Wildman–Crippen LogP) is -0.523. The van der Waals surface area contributed by atoms with Crippen LogP contribution in [0.3, 0.4) is 0 Å². The lowest BCUT2D eigenvalue weighted by molar-refractivity contribution is -0.162. The van der Waals surface area contributed by atoms with Crippen LogP contribution in [0.2, 0.25) is 0 Å². The largest absolute Gasteiger partial charge is 0.480 e. The number of carbonyl (C=O) groups is 2. The zero-order chi connectivity index (χ0) is 11.5. The van der Waals surface area contributed by atoms with Gasteiger partial charge in [-0.1, -0.05) is 0 Å². The van der Waals surface area contributed by atoms with Gasteiger partial charge in [0.1, 0.15) is 6.10 Å². The molecule has 2 rings (SSSR count). The molecule has 0 aromatic rings. The number of hydrogen-bond acceptors (Lipinski definition) is 4. The van der Waals surface area contributed by atoms with Crippen molar-refractivity contribution in [2.75, 3.05) is 26.4 Å². The first-order valence-electron chi connectivity index (χ1n) is 5.43. The quantitative estimate of drug-likeness (QED) is 0.689. The fourth-order valence-electron chi connectivity index (χ4n) is 2.03. The molecule has 2 heterocycles. The van der Waals surface area contributed by atoms with Crippen molar-refractivity contribution >= 4 is 11.9 Å². The molecule has 2 fully saturated rings. The zero-order valence-corrected chi connectivity index (χ0v) is 8.92. The van der Waals surface area contributed by atoms with Crippen molar-refractivity contribution in [2.24, 2.45) is 0 Å². The number of nitrogens with zero attached hydrogens (tertiary/aromatic N) is 1. The lowest BCUT2D eigenvalue weighted by Crippen LogP contribution is -2.55. The molecule has 0 saturated carbocycles. The molecule has 0 radical (unpaired) electrons. The van der Waals surface area contributed by atoms with E-state index in [1.807, 2.05) is 0 Å². The van der Waals surface area contributed by atoms with Gasteiger partial charge >= 0.3 is 5.97 Å². The molecule has 1 amide bonds. The summed E-state index contributed by atoms with van der Waals surface area (Å²) in [6.07, 6.45) is 1.08. The SMILES string of the molecule is O=C(O)C1COCCN1C(=O)[C@H]1CCCO1. The molecule has 0 aromatic carbocycles. The van der Waals surface area contributed by atoms with Crippen molar-refractivity contribution in [3.63, 3.8) is 0 Å². The minimum atomic E-state index is -1.02. The van der Waals surface area contributed by atoms with Crippen molar-refractivity contribution in [1.82, 2.24) is 4.90 Å². The highest BCUT2D eigenvalue weighted by Gasteiger charge is 2.37. The Balaban J connectivity index is 2.04. The second kappa shape index (κ2) is 4.80. The maximum atomic E-state index is 12.0. The number of carboxylic acid groups (broad SMARTS) is 1. The fraction of sp³-hybridized carbons (Fsp3) is 0.800. The molecular weight excluding hydrogens is 214 g/mol. The van der Waals surface area contributed by atoms with Crippen molar-refractivity contribution in [3.05, 3.63) is 0 Å². The molecule has 2 aliphatic rings. The van der Waals surface area contributed by atoms with Gasteiger partial charge in [0.2, 0.25) is 0 Å². The minimum Gasteiger partial charge on any atom is -0.480 e. The molecule has 1 unspecified atom stereocenters. The van der Waals surface area contributed by atoms with Gasteiger partial charge in [0.05, 0.1) is 13.2 Å². The summed E-state index contributed by atoms with van der Waals surface area (Å²) in [5.41, 5.74) is 0. The number of hydrogen-bond donors (Lipinski definition) is 1. The van der Waals surface area contributed by atoms with Gasteiger partial charge in [0.15, 0.2) is 6.04 Å². The second-order valence-electron chi connectivity index (χ2n) is 3.96. The van der Waals surface area contributed by atoms with Gasteiger partial charge in [-0.25, -0.2) is 4.79 Å². The fourth-order valence-corrected chi connectivity index (χ4v) is 2.03. The number of aliphatic carboxylic acids is 1. The molecule has 0 aromatic heterocycles. The Kier molecular flexibility index (Phi) is 3.40. The smallest absolute Gasteiger partial charge is 0.328 e. The summed E-state index contributed by atoms with van der Waals surface area (Å²) in [5, 5.41) is 8.99. The first kappa shape index (κ1) is 11.3. The molecular formula is C10H15NO5. The van der Waals surface area contributed by atoms with Gasteiger partial charge in [-0.2, -0.15) is 0 Å². The molecule has 0 aliphatic carbocycles. The Hall–Kier alpha value is -1.14. The van der Waals surface area contributed by atoms with E-state index in [0.29, 0.717) is 26.2 Å². The normalized spacial score (nSPS) is 30.4. The van der Waals surface area contributed by atoms with Gasteiger partial charge < -0.3 is 19.5 Å². The monoisotopic (exact) mass is 229 g/mol. The van der Waals surface area contributed by atoms with Gasteiger partial charge in [-0.05, 0) is 12.8 Å². The summed E-state index contributed by atoms with van der Waals surface area (Å²) in [4.78, 5) is 24.3. The number of morpholine rings is 1. The first-order valence-corrected chi connectivity index (χ1v) is 5.43. The third-order valence-corrected chi connectivity index (χ3v) is 2.90. The molecule has 90 valence electrons. The molecule has 16 heavy (non-hydrogen) atoms. The van der Waals surface area contributed by atoms with Crippen LogP contribution >= 0.6 is 0 Å². The lowest BCUT2D eigenvalue weighted by Gasteiger charge is -2.34. The summed E-state index contributed by atoms with van der Waals surface area (Å²) in [7, 11) is 0. The third-order valence-electron chi connectivity index (χ3n) is 2.90. The average Bonchev–Trinajstić information content (AvgIpc) is 2.81. The molecule has 2 aliphatic heterocycles. The van der Waals surface area contributed by atoms with Crippen molar-refractivity contribution in [2.45, 2.75) is 25.0 Å². The Morgan fingerprint density at radius 2 is 2.12 bits per heavy atom. The van der Waals surface area contributed by atoms with Crippen molar-refractivity contribution in [1.29, 1.82) is 0 Å². The number of rotatable bonds is 2. The summed E-state index contributed by atoms with van der Waals surface area (Å²) in [6, 6.07) is -0.870. The number of carboxylic acids is 1. The van der Waals surface area contributed by atoms with Gasteiger partial charge in [0.25, 0.3) is 5.91 Å². The van der Waals surface area contributed by atoms with Crippen LogP contribution < -0.4 is 0 Å². The maximum absolute atomic E-state index is 12.0. The number of amides is 1. The third kappa shape index (κ3) is 2.17. The van der Waals surface area contributed by atoms with E-state index in [1.54, 1.807) is 0 Å².